The lowest BCUT2D eigenvalue weighted by atomic mass is 10.1. The Morgan fingerprint density at radius 2 is 1.87 bits per heavy atom. The van der Waals surface area contributed by atoms with Crippen LogP contribution in [0.5, 0.6) is 5.75 Å². The number of thioether (sulfide) groups is 1. The van der Waals surface area contributed by atoms with Crippen molar-refractivity contribution in [1.82, 2.24) is 0 Å². The molecule has 2 aromatic rings. The van der Waals surface area contributed by atoms with Crippen molar-refractivity contribution in [3.05, 3.63) is 65.2 Å². The molecule has 2 aromatic carbocycles. The van der Waals surface area contributed by atoms with Gasteiger partial charge in [-0.3, -0.25) is 4.79 Å². The van der Waals surface area contributed by atoms with Gasteiger partial charge in [0, 0.05) is 23.1 Å². The summed E-state index contributed by atoms with van der Waals surface area (Å²) in [5.41, 5.74) is 2.48. The van der Waals surface area contributed by atoms with E-state index in [9.17, 15) is 4.79 Å². The van der Waals surface area contributed by atoms with E-state index in [1.165, 1.54) is 4.90 Å². The van der Waals surface area contributed by atoms with E-state index in [1.54, 1.807) is 44.2 Å². The van der Waals surface area contributed by atoms with Gasteiger partial charge >= 0.3 is 0 Å². The summed E-state index contributed by atoms with van der Waals surface area (Å²) in [4.78, 5) is 13.5. The number of methoxy groups -OCH3 is 2. The largest absolute Gasteiger partial charge is 0.496 e. The first-order valence-electron chi connectivity index (χ1n) is 7.20. The Morgan fingerprint density at radius 3 is 2.48 bits per heavy atom. The van der Waals surface area contributed by atoms with Gasteiger partial charge in [0.05, 0.1) is 13.7 Å². The van der Waals surface area contributed by atoms with Crippen LogP contribution in [0, 0.1) is 0 Å². The number of carbonyl (C=O) groups excluding carboxylic acids is 1. The molecule has 0 N–H and O–H groups in total. The normalized spacial score (nSPS) is 10.9. The smallest absolute Gasteiger partial charge is 0.185 e. The molecule has 0 aromatic heterocycles. The second-order valence-electron chi connectivity index (χ2n) is 4.93. The van der Waals surface area contributed by atoms with Crippen LogP contribution in [0.25, 0.3) is 6.08 Å². The molecular weight excluding hydrogens is 308 g/mol. The van der Waals surface area contributed by atoms with Gasteiger partial charge in [-0.1, -0.05) is 18.2 Å². The van der Waals surface area contributed by atoms with Gasteiger partial charge in [-0.25, -0.2) is 0 Å². The topological polar surface area (TPSA) is 35.5 Å². The van der Waals surface area contributed by atoms with E-state index in [4.69, 9.17) is 9.47 Å². The number of rotatable bonds is 7. The molecule has 4 heteroatoms. The molecule has 0 spiro atoms. The van der Waals surface area contributed by atoms with Crippen LogP contribution in [0.3, 0.4) is 0 Å². The van der Waals surface area contributed by atoms with E-state index >= 15 is 0 Å². The third kappa shape index (κ3) is 4.71. The van der Waals surface area contributed by atoms with Crippen LogP contribution >= 0.6 is 11.8 Å². The molecule has 0 aliphatic rings. The van der Waals surface area contributed by atoms with Gasteiger partial charge in [0.15, 0.2) is 5.78 Å². The summed E-state index contributed by atoms with van der Waals surface area (Å²) in [6.45, 7) is 0.407. The van der Waals surface area contributed by atoms with E-state index < -0.39 is 0 Å². The number of ether oxygens (including phenoxy) is 2. The molecule has 3 nitrogen and oxygen atoms in total. The van der Waals surface area contributed by atoms with E-state index in [-0.39, 0.29) is 5.78 Å². The summed E-state index contributed by atoms with van der Waals surface area (Å²) in [6, 6.07) is 13.5. The van der Waals surface area contributed by atoms with Crippen LogP contribution in [0.1, 0.15) is 21.5 Å². The van der Waals surface area contributed by atoms with Crippen molar-refractivity contribution in [2.45, 2.75) is 11.5 Å². The summed E-state index contributed by atoms with van der Waals surface area (Å²) < 4.78 is 10.4. The first kappa shape index (κ1) is 17.3. The highest BCUT2D eigenvalue weighted by Gasteiger charge is 2.08. The quantitative estimate of drug-likeness (QED) is 0.427. The molecule has 0 fully saturated rings. The third-order valence-electron chi connectivity index (χ3n) is 3.41. The second kappa shape index (κ2) is 8.56. The number of hydrogen-bond donors (Lipinski definition) is 0. The molecule has 2 rings (SSSR count). The number of benzene rings is 2. The van der Waals surface area contributed by atoms with Crippen LogP contribution < -0.4 is 4.74 Å². The predicted octanol–water partition coefficient (Wildman–Crippen LogP) is 4.46. The number of allylic oxidation sites excluding steroid dienone is 1. The molecule has 0 amide bonds. The molecule has 0 radical (unpaired) electrons. The summed E-state index contributed by atoms with van der Waals surface area (Å²) >= 11 is 1.69. The zero-order chi connectivity index (χ0) is 16.7. The van der Waals surface area contributed by atoms with Gasteiger partial charge in [0.2, 0.25) is 0 Å². The summed E-state index contributed by atoms with van der Waals surface area (Å²) in [7, 11) is 3.22. The van der Waals surface area contributed by atoms with Crippen LogP contribution in [-0.2, 0) is 11.3 Å². The lowest BCUT2D eigenvalue weighted by Crippen LogP contribution is -1.99. The monoisotopic (exact) mass is 328 g/mol. The molecule has 120 valence electrons. The molecular formula is C19H20O3S. The Hall–Kier alpha value is -2.04. The fraction of sp³-hybridized carbons (Fsp3) is 0.211. The maximum Gasteiger partial charge on any atom is 0.185 e. The van der Waals surface area contributed by atoms with Crippen LogP contribution in [0.15, 0.2) is 53.4 Å². The highest BCUT2D eigenvalue weighted by Crippen LogP contribution is 2.21. The van der Waals surface area contributed by atoms with E-state index in [0.29, 0.717) is 12.2 Å². The first-order valence-corrected chi connectivity index (χ1v) is 8.42. The van der Waals surface area contributed by atoms with Crippen LogP contribution in [0.2, 0.25) is 0 Å². The molecule has 0 aliphatic heterocycles. The standard InChI is InChI=1S/C19H20O3S/c1-21-13-16-12-15(7-11-19(16)22-2)18(20)10-6-14-4-8-17(23-3)9-5-14/h4-12H,13H2,1-3H3/b10-6+. The van der Waals surface area contributed by atoms with Gasteiger partial charge in [-0.2, -0.15) is 0 Å². The highest BCUT2D eigenvalue weighted by atomic mass is 32.2. The van der Waals surface area contributed by atoms with Gasteiger partial charge in [0.25, 0.3) is 0 Å². The zero-order valence-electron chi connectivity index (χ0n) is 13.5. The Morgan fingerprint density at radius 1 is 1.13 bits per heavy atom. The minimum Gasteiger partial charge on any atom is -0.496 e. The second-order valence-corrected chi connectivity index (χ2v) is 5.81. The fourth-order valence-corrected chi connectivity index (χ4v) is 2.59. The lowest BCUT2D eigenvalue weighted by molar-refractivity contribution is 0.104. The Balaban J connectivity index is 2.15. The van der Waals surface area contributed by atoms with Gasteiger partial charge < -0.3 is 9.47 Å². The number of ketones is 1. The molecule has 0 unspecified atom stereocenters. The van der Waals surface area contributed by atoms with E-state index in [2.05, 4.69) is 0 Å². The molecule has 0 atom stereocenters. The molecule has 0 aliphatic carbocycles. The third-order valence-corrected chi connectivity index (χ3v) is 4.15. The fourth-order valence-electron chi connectivity index (χ4n) is 2.18. The summed E-state index contributed by atoms with van der Waals surface area (Å²) in [6.07, 6.45) is 5.45. The van der Waals surface area contributed by atoms with Crippen molar-refractivity contribution in [2.75, 3.05) is 20.5 Å². The van der Waals surface area contributed by atoms with Crippen LogP contribution in [-0.4, -0.2) is 26.3 Å². The zero-order valence-corrected chi connectivity index (χ0v) is 14.4. The molecule has 0 heterocycles. The number of hydrogen-bond acceptors (Lipinski definition) is 4. The maximum atomic E-state index is 12.3. The van der Waals surface area contributed by atoms with Crippen molar-refractivity contribution in [3.8, 4) is 5.75 Å². The van der Waals surface area contributed by atoms with Crippen molar-refractivity contribution in [1.29, 1.82) is 0 Å². The highest BCUT2D eigenvalue weighted by molar-refractivity contribution is 7.98. The van der Waals surface area contributed by atoms with Crippen molar-refractivity contribution in [3.63, 3.8) is 0 Å². The average molecular weight is 328 g/mol. The Kier molecular flexibility index (Phi) is 6.44. The van der Waals surface area contributed by atoms with Gasteiger partial charge in [-0.15, -0.1) is 11.8 Å². The molecule has 0 bridgehead atoms. The average Bonchev–Trinajstić information content (AvgIpc) is 2.60. The Labute approximate surface area is 141 Å². The van der Waals surface area contributed by atoms with Crippen LogP contribution in [0.4, 0.5) is 0 Å². The maximum absolute atomic E-state index is 12.3. The molecule has 0 saturated carbocycles. The van der Waals surface area contributed by atoms with Crippen molar-refractivity contribution < 1.29 is 14.3 Å². The minimum atomic E-state index is -0.0426. The van der Waals surface area contributed by atoms with Gasteiger partial charge in [-0.05, 0) is 48.2 Å². The van der Waals surface area contributed by atoms with Crippen molar-refractivity contribution in [2.24, 2.45) is 0 Å². The summed E-state index contributed by atoms with van der Waals surface area (Å²) in [5.74, 6) is 0.680. The van der Waals surface area contributed by atoms with Crippen molar-refractivity contribution >= 4 is 23.6 Å². The van der Waals surface area contributed by atoms with Gasteiger partial charge in [0.1, 0.15) is 5.75 Å². The lowest BCUT2D eigenvalue weighted by Gasteiger charge is -2.08. The predicted molar refractivity (Wildman–Crippen MR) is 95.3 cm³/mol. The number of carbonyl (C=O) groups is 1. The minimum absolute atomic E-state index is 0.0426. The Bertz CT molecular complexity index is 690. The molecule has 0 saturated heterocycles. The SMILES string of the molecule is COCc1cc(C(=O)/C=C/c2ccc(SC)cc2)ccc1OC. The van der Waals surface area contributed by atoms with E-state index in [1.807, 2.05) is 42.7 Å². The molecule has 23 heavy (non-hydrogen) atoms. The summed E-state index contributed by atoms with van der Waals surface area (Å²) in [5, 5.41) is 0. The van der Waals surface area contributed by atoms with E-state index in [0.717, 1.165) is 16.9 Å². The first-order chi connectivity index (χ1) is 11.2.